The van der Waals surface area contributed by atoms with Crippen molar-refractivity contribution in [1.82, 2.24) is 5.32 Å². The molecule has 0 unspecified atom stereocenters. The lowest BCUT2D eigenvalue weighted by atomic mass is 10.2. The molecule has 14 heavy (non-hydrogen) atoms. The Hall–Kier alpha value is -1.10. The average Bonchev–Trinajstić information content (AvgIpc) is 2.16. The summed E-state index contributed by atoms with van der Waals surface area (Å²) < 4.78 is 4.56. The Morgan fingerprint density at radius 1 is 1.50 bits per heavy atom. The molecule has 0 aromatic carbocycles. The second kappa shape index (κ2) is 7.32. The number of rotatable bonds is 7. The van der Waals surface area contributed by atoms with Crippen LogP contribution in [0, 0.1) is 0 Å². The molecule has 0 saturated heterocycles. The van der Waals surface area contributed by atoms with Crippen molar-refractivity contribution in [2.75, 3.05) is 13.7 Å². The number of carboxylic acids is 1. The monoisotopic (exact) mass is 203 g/mol. The highest BCUT2D eigenvalue weighted by atomic mass is 16.5. The van der Waals surface area contributed by atoms with Crippen LogP contribution in [0.1, 0.15) is 26.2 Å². The number of aliphatic carboxylic acids is 1. The minimum atomic E-state index is -0.821. The lowest BCUT2D eigenvalue weighted by molar-refractivity contribution is -0.143. The second-order valence-corrected chi connectivity index (χ2v) is 2.94. The maximum atomic E-state index is 11.1. The number of nitrogens with one attached hydrogen (secondary N) is 1. The van der Waals surface area contributed by atoms with Crippen LogP contribution in [0.4, 0.5) is 0 Å². The normalized spacial score (nSPS) is 12.1. The summed E-state index contributed by atoms with van der Waals surface area (Å²) in [6, 6.07) is -0.325. The summed E-state index contributed by atoms with van der Waals surface area (Å²) in [4.78, 5) is 21.3. The van der Waals surface area contributed by atoms with Crippen molar-refractivity contribution in [2.24, 2.45) is 0 Å². The molecular weight excluding hydrogens is 186 g/mol. The van der Waals surface area contributed by atoms with E-state index in [1.54, 1.807) is 0 Å². The van der Waals surface area contributed by atoms with Gasteiger partial charge >= 0.3 is 11.9 Å². The Labute approximate surface area is 83.4 Å². The first-order valence-corrected chi connectivity index (χ1v) is 4.64. The fourth-order valence-corrected chi connectivity index (χ4v) is 1.05. The van der Waals surface area contributed by atoms with Gasteiger partial charge in [-0.1, -0.05) is 6.92 Å². The van der Waals surface area contributed by atoms with Gasteiger partial charge in [0, 0.05) is 6.42 Å². The van der Waals surface area contributed by atoms with Crippen LogP contribution in [0.2, 0.25) is 0 Å². The first kappa shape index (κ1) is 12.9. The van der Waals surface area contributed by atoms with Gasteiger partial charge in [0.25, 0.3) is 0 Å². The predicted molar refractivity (Wildman–Crippen MR) is 51.0 cm³/mol. The third-order valence-corrected chi connectivity index (χ3v) is 1.85. The Bertz CT molecular complexity index is 193. The molecular formula is C9H17NO4. The Balaban J connectivity index is 3.63. The van der Waals surface area contributed by atoms with Gasteiger partial charge in [0.05, 0.1) is 7.11 Å². The lowest BCUT2D eigenvalue weighted by Crippen LogP contribution is -2.37. The van der Waals surface area contributed by atoms with Crippen LogP contribution in [0.5, 0.6) is 0 Å². The zero-order chi connectivity index (χ0) is 11.0. The number of methoxy groups -OCH3 is 1. The van der Waals surface area contributed by atoms with Crippen molar-refractivity contribution in [1.29, 1.82) is 0 Å². The number of carbonyl (C=O) groups is 2. The van der Waals surface area contributed by atoms with Gasteiger partial charge in [-0.2, -0.15) is 0 Å². The summed E-state index contributed by atoms with van der Waals surface area (Å²) >= 11 is 0. The van der Waals surface area contributed by atoms with Crippen LogP contribution in [-0.2, 0) is 14.3 Å². The second-order valence-electron chi connectivity index (χ2n) is 2.94. The molecule has 0 heterocycles. The molecule has 0 aliphatic carbocycles. The van der Waals surface area contributed by atoms with E-state index in [2.05, 4.69) is 10.1 Å². The topological polar surface area (TPSA) is 75.6 Å². The minimum Gasteiger partial charge on any atom is -0.481 e. The van der Waals surface area contributed by atoms with Gasteiger partial charge in [0.2, 0.25) is 0 Å². The molecule has 1 atom stereocenters. The number of carbonyl (C=O) groups excluding carboxylic acids is 1. The molecule has 0 rings (SSSR count). The smallest absolute Gasteiger partial charge is 0.322 e. The third-order valence-electron chi connectivity index (χ3n) is 1.85. The SMILES string of the molecule is CC[C@H](NCCCC(=O)O)C(=O)OC. The summed E-state index contributed by atoms with van der Waals surface area (Å²) in [5.41, 5.74) is 0. The van der Waals surface area contributed by atoms with E-state index in [9.17, 15) is 9.59 Å². The molecule has 5 heteroatoms. The van der Waals surface area contributed by atoms with E-state index in [0.717, 1.165) is 0 Å². The highest BCUT2D eigenvalue weighted by molar-refractivity contribution is 5.75. The molecule has 0 bridgehead atoms. The standard InChI is InChI=1S/C9H17NO4/c1-3-7(9(13)14-2)10-6-4-5-8(11)12/h7,10H,3-6H2,1-2H3,(H,11,12)/t7-/m0/s1. The predicted octanol–water partition coefficient (Wildman–Crippen LogP) is 0.392. The summed E-state index contributed by atoms with van der Waals surface area (Å²) in [5.74, 6) is -1.12. The van der Waals surface area contributed by atoms with Crippen molar-refractivity contribution in [3.8, 4) is 0 Å². The zero-order valence-corrected chi connectivity index (χ0v) is 8.58. The fraction of sp³-hybridized carbons (Fsp3) is 0.778. The first-order chi connectivity index (χ1) is 6.61. The van der Waals surface area contributed by atoms with Crippen LogP contribution in [0.25, 0.3) is 0 Å². The molecule has 0 saturated carbocycles. The van der Waals surface area contributed by atoms with Crippen LogP contribution in [0.3, 0.4) is 0 Å². The van der Waals surface area contributed by atoms with E-state index in [4.69, 9.17) is 5.11 Å². The van der Waals surface area contributed by atoms with Gasteiger partial charge in [-0.3, -0.25) is 9.59 Å². The lowest BCUT2D eigenvalue weighted by Gasteiger charge is -2.13. The van der Waals surface area contributed by atoms with Gasteiger partial charge in [0.1, 0.15) is 6.04 Å². The Morgan fingerprint density at radius 2 is 2.14 bits per heavy atom. The van der Waals surface area contributed by atoms with Crippen molar-refractivity contribution in [2.45, 2.75) is 32.2 Å². The van der Waals surface area contributed by atoms with Gasteiger partial charge in [-0.05, 0) is 19.4 Å². The van der Waals surface area contributed by atoms with E-state index >= 15 is 0 Å². The molecule has 5 nitrogen and oxygen atoms in total. The molecule has 0 aliphatic heterocycles. The number of carboxylic acid groups (broad SMARTS) is 1. The number of hydrogen-bond donors (Lipinski definition) is 2. The molecule has 2 N–H and O–H groups in total. The zero-order valence-electron chi connectivity index (χ0n) is 8.58. The van der Waals surface area contributed by atoms with Gasteiger partial charge < -0.3 is 15.2 Å². The van der Waals surface area contributed by atoms with E-state index in [0.29, 0.717) is 19.4 Å². The molecule has 0 radical (unpaired) electrons. The Morgan fingerprint density at radius 3 is 2.57 bits per heavy atom. The van der Waals surface area contributed by atoms with E-state index in [1.807, 2.05) is 6.92 Å². The molecule has 0 amide bonds. The summed E-state index contributed by atoms with van der Waals surface area (Å²) in [5, 5.41) is 11.3. The average molecular weight is 203 g/mol. The first-order valence-electron chi connectivity index (χ1n) is 4.64. The minimum absolute atomic E-state index is 0.116. The highest BCUT2D eigenvalue weighted by Gasteiger charge is 2.15. The van der Waals surface area contributed by atoms with E-state index in [-0.39, 0.29) is 18.4 Å². The molecule has 82 valence electrons. The quantitative estimate of drug-likeness (QED) is 0.462. The summed E-state index contributed by atoms with van der Waals surface area (Å²) in [7, 11) is 1.34. The largest absolute Gasteiger partial charge is 0.481 e. The molecule has 0 aromatic heterocycles. The molecule has 0 aliphatic rings. The molecule has 0 fully saturated rings. The van der Waals surface area contributed by atoms with Crippen molar-refractivity contribution >= 4 is 11.9 Å². The fourth-order valence-electron chi connectivity index (χ4n) is 1.05. The summed E-state index contributed by atoms with van der Waals surface area (Å²) in [6.45, 7) is 2.38. The van der Waals surface area contributed by atoms with Crippen molar-refractivity contribution in [3.05, 3.63) is 0 Å². The van der Waals surface area contributed by atoms with Crippen LogP contribution in [-0.4, -0.2) is 36.7 Å². The van der Waals surface area contributed by atoms with Crippen LogP contribution < -0.4 is 5.32 Å². The van der Waals surface area contributed by atoms with Crippen LogP contribution >= 0.6 is 0 Å². The maximum Gasteiger partial charge on any atom is 0.322 e. The molecule has 0 spiro atoms. The van der Waals surface area contributed by atoms with Crippen LogP contribution in [0.15, 0.2) is 0 Å². The molecule has 0 aromatic rings. The van der Waals surface area contributed by atoms with Gasteiger partial charge in [-0.15, -0.1) is 0 Å². The van der Waals surface area contributed by atoms with Crippen molar-refractivity contribution < 1.29 is 19.4 Å². The number of hydrogen-bond acceptors (Lipinski definition) is 4. The third kappa shape index (κ3) is 5.53. The number of esters is 1. The van der Waals surface area contributed by atoms with Crippen molar-refractivity contribution in [3.63, 3.8) is 0 Å². The van der Waals surface area contributed by atoms with E-state index in [1.165, 1.54) is 7.11 Å². The number of ether oxygens (including phenoxy) is 1. The van der Waals surface area contributed by atoms with Gasteiger partial charge in [0.15, 0.2) is 0 Å². The van der Waals surface area contributed by atoms with Gasteiger partial charge in [-0.25, -0.2) is 0 Å². The Kier molecular flexibility index (Phi) is 6.74. The highest BCUT2D eigenvalue weighted by Crippen LogP contribution is 1.95. The summed E-state index contributed by atoms with van der Waals surface area (Å²) in [6.07, 6.45) is 1.27. The maximum absolute atomic E-state index is 11.1. The van der Waals surface area contributed by atoms with E-state index < -0.39 is 5.97 Å².